The molecule has 1 nitrogen and oxygen atoms in total. The number of carbonyl (C=O) groups is 1. The summed E-state index contributed by atoms with van der Waals surface area (Å²) in [6.45, 7) is 0. The molecule has 74 valence electrons. The molecule has 0 saturated heterocycles. The van der Waals surface area contributed by atoms with Gasteiger partial charge in [-0.15, -0.1) is 0 Å². The summed E-state index contributed by atoms with van der Waals surface area (Å²) in [5, 5.41) is 0. The van der Waals surface area contributed by atoms with Crippen molar-refractivity contribution in [3.63, 3.8) is 0 Å². The van der Waals surface area contributed by atoms with Crippen LogP contribution in [0.5, 0.6) is 0 Å². The van der Waals surface area contributed by atoms with Crippen molar-refractivity contribution in [1.29, 1.82) is 0 Å². The van der Waals surface area contributed by atoms with Crippen LogP contribution in [0.1, 0.15) is 24.8 Å². The van der Waals surface area contributed by atoms with Crippen LogP contribution in [-0.4, -0.2) is 5.78 Å². The number of ketones is 1. The molecule has 0 aliphatic heterocycles. The highest BCUT2D eigenvalue weighted by Crippen LogP contribution is 2.25. The van der Waals surface area contributed by atoms with E-state index in [2.05, 4.69) is 46.9 Å². The maximum atomic E-state index is 11.1. The summed E-state index contributed by atoms with van der Waals surface area (Å²) in [7, 11) is 0. The van der Waals surface area contributed by atoms with Crippen molar-refractivity contribution in [1.82, 2.24) is 0 Å². The summed E-state index contributed by atoms with van der Waals surface area (Å²) in [4.78, 5) is 11.1. The van der Waals surface area contributed by atoms with Gasteiger partial charge in [0.15, 0.2) is 0 Å². The molecule has 0 heterocycles. The van der Waals surface area contributed by atoms with Crippen LogP contribution in [0, 0.1) is 9.49 Å². The van der Waals surface area contributed by atoms with Gasteiger partial charge in [-0.25, -0.2) is 0 Å². The van der Waals surface area contributed by atoms with E-state index >= 15 is 0 Å². The molecule has 0 spiro atoms. The minimum atomic E-state index is 0.445. The maximum absolute atomic E-state index is 11.1. The second kappa shape index (κ2) is 4.43. The minimum absolute atomic E-state index is 0.445. The van der Waals surface area contributed by atoms with Gasteiger partial charge in [-0.2, -0.15) is 0 Å². The quantitative estimate of drug-likeness (QED) is 0.767. The van der Waals surface area contributed by atoms with Crippen molar-refractivity contribution in [2.45, 2.75) is 25.7 Å². The van der Waals surface area contributed by atoms with Gasteiger partial charge in [-0.3, -0.25) is 4.79 Å². The van der Waals surface area contributed by atoms with Crippen LogP contribution in [0.15, 0.2) is 24.3 Å². The van der Waals surface area contributed by atoms with Crippen LogP contribution in [0.2, 0.25) is 0 Å². The van der Waals surface area contributed by atoms with Gasteiger partial charge in [0.1, 0.15) is 5.78 Å². The highest BCUT2D eigenvalue weighted by molar-refractivity contribution is 14.1. The van der Waals surface area contributed by atoms with Gasteiger partial charge in [0.2, 0.25) is 0 Å². The van der Waals surface area contributed by atoms with Crippen LogP contribution >= 0.6 is 22.6 Å². The molecule has 1 aromatic rings. The van der Waals surface area contributed by atoms with Crippen molar-refractivity contribution in [3.05, 3.63) is 33.4 Å². The molecule has 0 bridgehead atoms. The molecule has 1 atom stereocenters. The lowest BCUT2D eigenvalue weighted by Gasteiger charge is -2.07. The Morgan fingerprint density at radius 2 is 2.00 bits per heavy atom. The highest BCUT2D eigenvalue weighted by Gasteiger charge is 2.21. The van der Waals surface area contributed by atoms with Gasteiger partial charge in [-0.05, 0) is 59.0 Å². The Hall–Kier alpha value is -0.380. The van der Waals surface area contributed by atoms with Gasteiger partial charge in [-0.1, -0.05) is 12.1 Å². The molecule has 2 rings (SSSR count). The van der Waals surface area contributed by atoms with E-state index in [0.717, 1.165) is 25.7 Å². The molecule has 0 amide bonds. The summed E-state index contributed by atoms with van der Waals surface area (Å²) < 4.78 is 1.27. The Bertz CT molecular complexity index is 329. The monoisotopic (exact) mass is 300 g/mol. The zero-order valence-electron chi connectivity index (χ0n) is 8.00. The van der Waals surface area contributed by atoms with E-state index in [0.29, 0.717) is 11.7 Å². The first-order chi connectivity index (χ1) is 6.74. The van der Waals surface area contributed by atoms with E-state index in [-0.39, 0.29) is 0 Å². The standard InChI is InChI=1S/C12H13IO/c13-11-4-1-9(2-5-11)7-10-3-6-12(14)8-10/h1-2,4-5,10H,3,6-8H2. The summed E-state index contributed by atoms with van der Waals surface area (Å²) in [5.74, 6) is 1.04. The minimum Gasteiger partial charge on any atom is -0.300 e. The second-order valence-electron chi connectivity index (χ2n) is 3.98. The molecule has 1 aliphatic rings. The fourth-order valence-electron chi connectivity index (χ4n) is 2.02. The lowest BCUT2D eigenvalue weighted by molar-refractivity contribution is -0.117. The average molecular weight is 300 g/mol. The lowest BCUT2D eigenvalue weighted by atomic mass is 9.98. The van der Waals surface area contributed by atoms with Crippen LogP contribution in [0.25, 0.3) is 0 Å². The van der Waals surface area contributed by atoms with Gasteiger partial charge in [0.25, 0.3) is 0 Å². The topological polar surface area (TPSA) is 17.1 Å². The Kier molecular flexibility index (Phi) is 3.21. The van der Waals surface area contributed by atoms with E-state index in [4.69, 9.17) is 0 Å². The van der Waals surface area contributed by atoms with Gasteiger partial charge >= 0.3 is 0 Å². The van der Waals surface area contributed by atoms with Crippen LogP contribution in [-0.2, 0) is 11.2 Å². The predicted octanol–water partition coefficient (Wildman–Crippen LogP) is 3.20. The first kappa shape index (κ1) is 10.1. The molecule has 1 fully saturated rings. The van der Waals surface area contributed by atoms with Gasteiger partial charge in [0.05, 0.1) is 0 Å². The number of hydrogen-bond acceptors (Lipinski definition) is 1. The Morgan fingerprint density at radius 1 is 1.29 bits per heavy atom. The van der Waals surface area contributed by atoms with E-state index in [1.54, 1.807) is 0 Å². The van der Waals surface area contributed by atoms with E-state index in [1.807, 2.05) is 0 Å². The third-order valence-electron chi connectivity index (χ3n) is 2.79. The van der Waals surface area contributed by atoms with Crippen LogP contribution in [0.3, 0.4) is 0 Å². The molecule has 1 saturated carbocycles. The number of Topliss-reactive ketones (excluding diaryl/α,β-unsaturated/α-hetero) is 1. The van der Waals surface area contributed by atoms with Gasteiger partial charge in [0, 0.05) is 16.4 Å². The average Bonchev–Trinajstić information content (AvgIpc) is 2.56. The number of rotatable bonds is 2. The van der Waals surface area contributed by atoms with Crippen molar-refractivity contribution < 1.29 is 4.79 Å². The van der Waals surface area contributed by atoms with Crippen LogP contribution < -0.4 is 0 Å². The summed E-state index contributed by atoms with van der Waals surface area (Å²) in [5.41, 5.74) is 1.37. The molecule has 14 heavy (non-hydrogen) atoms. The smallest absolute Gasteiger partial charge is 0.133 e. The Morgan fingerprint density at radius 3 is 2.57 bits per heavy atom. The maximum Gasteiger partial charge on any atom is 0.133 e. The van der Waals surface area contributed by atoms with Crippen molar-refractivity contribution in [2.75, 3.05) is 0 Å². The predicted molar refractivity (Wildman–Crippen MR) is 65.2 cm³/mol. The van der Waals surface area contributed by atoms with E-state index in [9.17, 15) is 4.79 Å². The van der Waals surface area contributed by atoms with Crippen molar-refractivity contribution in [3.8, 4) is 0 Å². The molecule has 2 heteroatoms. The third kappa shape index (κ3) is 2.56. The molecular formula is C12H13IO. The number of hydrogen-bond donors (Lipinski definition) is 0. The summed E-state index contributed by atoms with van der Waals surface area (Å²) >= 11 is 2.31. The molecule has 1 aromatic carbocycles. The number of carbonyl (C=O) groups excluding carboxylic acids is 1. The molecule has 0 N–H and O–H groups in total. The summed E-state index contributed by atoms with van der Waals surface area (Å²) in [6, 6.07) is 8.61. The fraction of sp³-hybridized carbons (Fsp3) is 0.417. The normalized spacial score (nSPS) is 21.5. The first-order valence-electron chi connectivity index (χ1n) is 5.00. The SMILES string of the molecule is O=C1CCC(Cc2ccc(I)cc2)C1. The van der Waals surface area contributed by atoms with Crippen LogP contribution in [0.4, 0.5) is 0 Å². The highest BCUT2D eigenvalue weighted by atomic mass is 127. The fourth-order valence-corrected chi connectivity index (χ4v) is 2.38. The number of halogens is 1. The summed E-state index contributed by atoms with van der Waals surface area (Å²) in [6.07, 6.45) is 3.76. The van der Waals surface area contributed by atoms with E-state index < -0.39 is 0 Å². The Labute approximate surface area is 98.0 Å². The zero-order chi connectivity index (χ0) is 9.97. The third-order valence-corrected chi connectivity index (χ3v) is 3.50. The van der Waals surface area contributed by atoms with Gasteiger partial charge < -0.3 is 0 Å². The molecule has 0 aromatic heterocycles. The molecular weight excluding hydrogens is 287 g/mol. The van der Waals surface area contributed by atoms with Crippen molar-refractivity contribution in [2.24, 2.45) is 5.92 Å². The zero-order valence-corrected chi connectivity index (χ0v) is 10.2. The lowest BCUT2D eigenvalue weighted by Crippen LogP contribution is -2.00. The second-order valence-corrected chi connectivity index (χ2v) is 5.22. The molecule has 1 aliphatic carbocycles. The molecule has 0 radical (unpaired) electrons. The first-order valence-corrected chi connectivity index (χ1v) is 6.08. The molecule has 1 unspecified atom stereocenters. The number of benzene rings is 1. The largest absolute Gasteiger partial charge is 0.300 e. The van der Waals surface area contributed by atoms with E-state index in [1.165, 1.54) is 9.13 Å². The Balaban J connectivity index is 1.97. The van der Waals surface area contributed by atoms with Crippen molar-refractivity contribution >= 4 is 28.4 Å².